The second-order valence-corrected chi connectivity index (χ2v) is 7.93. The summed E-state index contributed by atoms with van der Waals surface area (Å²) in [5, 5.41) is 21.8. The quantitative estimate of drug-likeness (QED) is 0.272. The number of nitro benzene ring substituents is 1. The van der Waals surface area contributed by atoms with E-state index in [0.717, 1.165) is 22.2 Å². The summed E-state index contributed by atoms with van der Waals surface area (Å²) in [4.78, 5) is 28.7. The third-order valence-corrected chi connectivity index (χ3v) is 5.84. The largest absolute Gasteiger partial charge is 0.506 e. The van der Waals surface area contributed by atoms with Gasteiger partial charge in [-0.25, -0.2) is 9.79 Å². The zero-order chi connectivity index (χ0) is 21.7. The Balaban J connectivity index is 1.98. The van der Waals surface area contributed by atoms with Gasteiger partial charge in [-0.05, 0) is 49.1 Å². The molecule has 0 saturated carbocycles. The Hall–Kier alpha value is -3.04. The number of ether oxygens (including phenoxy) is 1. The second-order valence-electron chi connectivity index (χ2n) is 6.02. The Labute approximate surface area is 181 Å². The van der Waals surface area contributed by atoms with Crippen molar-refractivity contribution in [2.45, 2.75) is 11.8 Å². The van der Waals surface area contributed by atoms with Crippen molar-refractivity contribution in [2.75, 3.05) is 12.9 Å². The van der Waals surface area contributed by atoms with Crippen LogP contribution in [0.4, 0.5) is 11.4 Å². The number of benzene rings is 2. The van der Waals surface area contributed by atoms with Gasteiger partial charge in [0.05, 0.1) is 22.1 Å². The maximum atomic E-state index is 12.4. The normalized spacial score (nSPS) is 16.3. The van der Waals surface area contributed by atoms with Gasteiger partial charge in [0.2, 0.25) is 0 Å². The van der Waals surface area contributed by atoms with E-state index in [1.54, 1.807) is 24.8 Å². The van der Waals surface area contributed by atoms with Gasteiger partial charge < -0.3 is 9.84 Å². The number of hydrogen-bond acceptors (Lipinski definition) is 8. The molecule has 0 fully saturated rings. The summed E-state index contributed by atoms with van der Waals surface area (Å²) in [5.74, 6) is -0.877. The van der Waals surface area contributed by atoms with Crippen LogP contribution in [0.1, 0.15) is 12.5 Å². The minimum absolute atomic E-state index is 0.0211. The van der Waals surface area contributed by atoms with Gasteiger partial charge >= 0.3 is 5.97 Å². The number of nitro groups is 1. The maximum Gasteiger partial charge on any atom is 0.344 e. The molecule has 30 heavy (non-hydrogen) atoms. The third kappa shape index (κ3) is 4.92. The van der Waals surface area contributed by atoms with Crippen LogP contribution in [0.25, 0.3) is 6.08 Å². The number of thioether (sulfide) groups is 2. The molecule has 0 amide bonds. The summed E-state index contributed by atoms with van der Waals surface area (Å²) in [6, 6.07) is 13.4. The Morgan fingerprint density at radius 2 is 1.90 bits per heavy atom. The average Bonchev–Trinajstić information content (AvgIpc) is 3.04. The highest BCUT2D eigenvalue weighted by Gasteiger charge is 2.33. The number of aliphatic hydroxyl groups is 1. The summed E-state index contributed by atoms with van der Waals surface area (Å²) < 4.78 is 5.07. The van der Waals surface area contributed by atoms with Crippen molar-refractivity contribution in [1.29, 1.82) is 0 Å². The molecule has 2 aromatic rings. The van der Waals surface area contributed by atoms with Crippen molar-refractivity contribution < 1.29 is 19.6 Å². The molecule has 7 nitrogen and oxygen atoms in total. The van der Waals surface area contributed by atoms with Crippen LogP contribution < -0.4 is 0 Å². The van der Waals surface area contributed by atoms with Crippen LogP contribution >= 0.6 is 23.5 Å². The first kappa shape index (κ1) is 21.7. The van der Waals surface area contributed by atoms with Gasteiger partial charge in [0, 0.05) is 17.0 Å². The molecule has 0 atom stereocenters. The Morgan fingerprint density at radius 3 is 2.47 bits per heavy atom. The molecule has 1 aliphatic rings. The number of non-ortho nitro benzene ring substituents is 1. The fourth-order valence-electron chi connectivity index (χ4n) is 2.61. The number of esters is 1. The smallest absolute Gasteiger partial charge is 0.344 e. The molecule has 1 N–H and O–H groups in total. The molecule has 1 aliphatic heterocycles. The van der Waals surface area contributed by atoms with Gasteiger partial charge in [0.15, 0.2) is 0 Å². The molecule has 3 rings (SSSR count). The summed E-state index contributed by atoms with van der Waals surface area (Å²) >= 11 is 2.77. The first-order chi connectivity index (χ1) is 14.4. The number of aliphatic imine (C=N–C) groups is 1. The molecule has 0 spiro atoms. The van der Waals surface area contributed by atoms with Gasteiger partial charge in [-0.1, -0.05) is 23.9 Å². The Morgan fingerprint density at radius 1 is 1.23 bits per heavy atom. The van der Waals surface area contributed by atoms with Gasteiger partial charge in [-0.3, -0.25) is 10.1 Å². The van der Waals surface area contributed by atoms with Crippen molar-refractivity contribution in [3.05, 3.63) is 80.4 Å². The van der Waals surface area contributed by atoms with Crippen LogP contribution in [0.3, 0.4) is 0 Å². The Kier molecular flexibility index (Phi) is 6.96. The van der Waals surface area contributed by atoms with E-state index >= 15 is 0 Å². The van der Waals surface area contributed by atoms with Gasteiger partial charge in [0.25, 0.3) is 5.69 Å². The van der Waals surface area contributed by atoms with Crippen LogP contribution in [-0.2, 0) is 9.53 Å². The lowest BCUT2D eigenvalue weighted by molar-refractivity contribution is -0.384. The second kappa shape index (κ2) is 9.64. The maximum absolute atomic E-state index is 12.4. The SMILES string of the molecule is CCOC(=O)C1=C(O)C(=Cc2ccc(SC)cc2)SC1=Nc1ccc([N+](=O)[O-])cc1. The van der Waals surface area contributed by atoms with E-state index in [-0.39, 0.29) is 28.7 Å². The first-order valence-electron chi connectivity index (χ1n) is 8.90. The lowest BCUT2D eigenvalue weighted by atomic mass is 10.1. The van der Waals surface area contributed by atoms with E-state index in [9.17, 15) is 20.0 Å². The molecule has 9 heteroatoms. The summed E-state index contributed by atoms with van der Waals surface area (Å²) in [6.45, 7) is 1.83. The van der Waals surface area contributed by atoms with Crippen molar-refractivity contribution >= 4 is 52.0 Å². The number of aliphatic hydroxyl groups excluding tert-OH is 1. The molecular formula is C21H18N2O5S2. The summed E-state index contributed by atoms with van der Waals surface area (Å²) in [5.41, 5.74) is 1.20. The summed E-state index contributed by atoms with van der Waals surface area (Å²) in [6.07, 6.45) is 3.75. The fourth-order valence-corrected chi connectivity index (χ4v) is 4.05. The topological polar surface area (TPSA) is 102 Å². The zero-order valence-electron chi connectivity index (χ0n) is 16.2. The minimum atomic E-state index is -0.677. The van der Waals surface area contributed by atoms with E-state index < -0.39 is 10.9 Å². The number of carbonyl (C=O) groups is 1. The molecule has 1 heterocycles. The van der Waals surface area contributed by atoms with E-state index in [1.165, 1.54) is 24.3 Å². The zero-order valence-corrected chi connectivity index (χ0v) is 17.8. The molecule has 0 radical (unpaired) electrons. The van der Waals surface area contributed by atoms with E-state index in [4.69, 9.17) is 4.74 Å². The van der Waals surface area contributed by atoms with Gasteiger partial charge in [-0.2, -0.15) is 0 Å². The van der Waals surface area contributed by atoms with Crippen LogP contribution in [0.5, 0.6) is 0 Å². The minimum Gasteiger partial charge on any atom is -0.506 e. The van der Waals surface area contributed by atoms with Crippen LogP contribution in [0, 0.1) is 10.1 Å². The van der Waals surface area contributed by atoms with Crippen LogP contribution in [0.2, 0.25) is 0 Å². The highest BCUT2D eigenvalue weighted by molar-refractivity contribution is 8.18. The van der Waals surface area contributed by atoms with Crippen LogP contribution in [0.15, 0.2) is 74.7 Å². The average molecular weight is 443 g/mol. The number of nitrogens with zero attached hydrogens (tertiary/aromatic N) is 2. The van der Waals surface area contributed by atoms with Crippen molar-refractivity contribution in [1.82, 2.24) is 0 Å². The van der Waals surface area contributed by atoms with Crippen molar-refractivity contribution in [2.24, 2.45) is 4.99 Å². The van der Waals surface area contributed by atoms with Crippen molar-refractivity contribution in [3.8, 4) is 0 Å². The molecule has 0 saturated heterocycles. The third-order valence-electron chi connectivity index (χ3n) is 4.07. The first-order valence-corrected chi connectivity index (χ1v) is 10.9. The number of hydrogen-bond donors (Lipinski definition) is 1. The van der Waals surface area contributed by atoms with E-state index in [0.29, 0.717) is 10.6 Å². The highest BCUT2D eigenvalue weighted by Crippen LogP contribution is 2.40. The van der Waals surface area contributed by atoms with E-state index in [2.05, 4.69) is 4.99 Å². The predicted octanol–water partition coefficient (Wildman–Crippen LogP) is 5.51. The Bertz CT molecular complexity index is 1060. The number of rotatable bonds is 6. The van der Waals surface area contributed by atoms with Gasteiger partial charge in [0.1, 0.15) is 16.4 Å². The highest BCUT2D eigenvalue weighted by atomic mass is 32.2. The lowest BCUT2D eigenvalue weighted by Gasteiger charge is -2.03. The predicted molar refractivity (Wildman–Crippen MR) is 120 cm³/mol. The monoisotopic (exact) mass is 442 g/mol. The molecule has 0 unspecified atom stereocenters. The number of carbonyl (C=O) groups excluding carboxylic acids is 1. The summed E-state index contributed by atoms with van der Waals surface area (Å²) in [7, 11) is 0. The van der Waals surface area contributed by atoms with Crippen molar-refractivity contribution in [3.63, 3.8) is 0 Å². The molecule has 0 aliphatic carbocycles. The van der Waals surface area contributed by atoms with Crippen LogP contribution in [-0.4, -0.2) is 33.9 Å². The lowest BCUT2D eigenvalue weighted by Crippen LogP contribution is -2.12. The van der Waals surface area contributed by atoms with E-state index in [1.807, 2.05) is 30.5 Å². The molecule has 2 aromatic carbocycles. The molecule has 154 valence electrons. The molecule has 0 aromatic heterocycles. The fraction of sp³-hybridized carbons (Fsp3) is 0.143. The van der Waals surface area contributed by atoms with Gasteiger partial charge in [-0.15, -0.1) is 11.8 Å². The molecular weight excluding hydrogens is 424 g/mol. The standard InChI is InChI=1S/C21H18N2O5S2/c1-3-28-21(25)18-19(24)17(12-13-4-10-16(29-2)11-5-13)30-20(18)22-14-6-8-15(9-7-14)23(26)27/h4-12,24H,3H2,1-2H3. The molecule has 0 bridgehead atoms.